The lowest BCUT2D eigenvalue weighted by Gasteiger charge is -2.25. The topological polar surface area (TPSA) is 89.2 Å². The first kappa shape index (κ1) is 20.9. The molecule has 0 aliphatic carbocycles. The lowest BCUT2D eigenvalue weighted by molar-refractivity contribution is -0.140. The van der Waals surface area contributed by atoms with Gasteiger partial charge in [0.15, 0.2) is 11.5 Å². The van der Waals surface area contributed by atoms with E-state index in [0.29, 0.717) is 36.0 Å². The quantitative estimate of drug-likeness (QED) is 0.359. The maximum atomic E-state index is 13.2. The van der Waals surface area contributed by atoms with Crippen LogP contribution in [0, 0.1) is 0 Å². The number of ketones is 1. The Labute approximate surface area is 190 Å². The molecule has 7 nitrogen and oxygen atoms in total. The summed E-state index contributed by atoms with van der Waals surface area (Å²) in [4.78, 5) is 27.7. The Morgan fingerprint density at radius 1 is 1.03 bits per heavy atom. The number of carbonyl (C=O) groups is 2. The van der Waals surface area contributed by atoms with E-state index in [2.05, 4.69) is 6.92 Å². The van der Waals surface area contributed by atoms with E-state index in [9.17, 15) is 14.7 Å². The molecule has 0 bridgehead atoms. The number of likely N-dealkylation sites (tertiary alicyclic amines) is 1. The fourth-order valence-corrected chi connectivity index (χ4v) is 4.24. The van der Waals surface area contributed by atoms with Crippen LogP contribution in [0.5, 0.6) is 11.5 Å². The zero-order chi connectivity index (χ0) is 22.9. The average molecular weight is 445 g/mol. The summed E-state index contributed by atoms with van der Waals surface area (Å²) in [6, 6.07) is 15.4. The molecule has 1 saturated heterocycles. The molecule has 3 heterocycles. The molecule has 3 aromatic rings. The summed E-state index contributed by atoms with van der Waals surface area (Å²) >= 11 is 0. The minimum absolute atomic E-state index is 0.0347. The van der Waals surface area contributed by atoms with E-state index in [1.165, 1.54) is 11.2 Å². The first-order valence-electron chi connectivity index (χ1n) is 10.9. The first-order valence-corrected chi connectivity index (χ1v) is 10.9. The van der Waals surface area contributed by atoms with E-state index in [1.807, 2.05) is 24.3 Å². The molecule has 5 rings (SSSR count). The predicted molar refractivity (Wildman–Crippen MR) is 120 cm³/mol. The fraction of sp³-hybridized carbons (Fsp3) is 0.231. The minimum Gasteiger partial charge on any atom is -0.507 e. The molecule has 1 unspecified atom stereocenters. The van der Waals surface area contributed by atoms with Crippen molar-refractivity contribution in [3.8, 4) is 11.5 Å². The molecule has 0 saturated carbocycles. The van der Waals surface area contributed by atoms with Gasteiger partial charge >= 0.3 is 0 Å². The van der Waals surface area contributed by atoms with Crippen molar-refractivity contribution in [3.63, 3.8) is 0 Å². The van der Waals surface area contributed by atoms with Crippen molar-refractivity contribution in [2.24, 2.45) is 0 Å². The molecule has 1 fully saturated rings. The summed E-state index contributed by atoms with van der Waals surface area (Å²) in [6.07, 6.45) is 2.39. The highest BCUT2D eigenvalue weighted by atomic mass is 16.6. The van der Waals surface area contributed by atoms with Crippen LogP contribution in [0.2, 0.25) is 0 Å². The van der Waals surface area contributed by atoms with Crippen LogP contribution in [-0.4, -0.2) is 34.9 Å². The minimum atomic E-state index is -0.755. The Bertz CT molecular complexity index is 1230. The number of furan rings is 1. The largest absolute Gasteiger partial charge is 0.507 e. The highest BCUT2D eigenvalue weighted by molar-refractivity contribution is 6.46. The molecule has 1 aromatic heterocycles. The highest BCUT2D eigenvalue weighted by Gasteiger charge is 2.46. The zero-order valence-electron chi connectivity index (χ0n) is 18.1. The van der Waals surface area contributed by atoms with Crippen LogP contribution in [0.1, 0.15) is 35.4 Å². The maximum Gasteiger partial charge on any atom is 0.296 e. The van der Waals surface area contributed by atoms with E-state index in [-0.39, 0.29) is 17.9 Å². The molecule has 2 aliphatic rings. The number of amides is 1. The molecule has 2 aromatic carbocycles. The zero-order valence-corrected chi connectivity index (χ0v) is 18.1. The van der Waals surface area contributed by atoms with Crippen LogP contribution in [0.25, 0.3) is 5.76 Å². The Kier molecular flexibility index (Phi) is 5.38. The second-order valence-electron chi connectivity index (χ2n) is 7.96. The van der Waals surface area contributed by atoms with E-state index in [4.69, 9.17) is 13.9 Å². The number of carbonyl (C=O) groups excluding carboxylic acids is 2. The third-order valence-electron chi connectivity index (χ3n) is 5.97. The fourth-order valence-electron chi connectivity index (χ4n) is 4.24. The molecule has 0 radical (unpaired) electrons. The van der Waals surface area contributed by atoms with Crippen LogP contribution in [0.15, 0.2) is 70.9 Å². The lowest BCUT2D eigenvalue weighted by atomic mass is 9.94. The second-order valence-corrected chi connectivity index (χ2v) is 7.96. The maximum absolute atomic E-state index is 13.2. The number of aryl methyl sites for hydroxylation is 1. The van der Waals surface area contributed by atoms with Gasteiger partial charge in [-0.05, 0) is 47.9 Å². The molecular formula is C26H23NO6. The monoisotopic (exact) mass is 445 g/mol. The number of rotatable bonds is 5. The van der Waals surface area contributed by atoms with Gasteiger partial charge in [-0.1, -0.05) is 31.2 Å². The molecule has 33 heavy (non-hydrogen) atoms. The summed E-state index contributed by atoms with van der Waals surface area (Å²) in [5.74, 6) is -0.0708. The number of nitrogens with zero attached hydrogens (tertiary/aromatic N) is 1. The summed E-state index contributed by atoms with van der Waals surface area (Å²) in [7, 11) is 0. The van der Waals surface area contributed by atoms with Gasteiger partial charge in [-0.25, -0.2) is 0 Å². The molecular weight excluding hydrogens is 422 g/mol. The van der Waals surface area contributed by atoms with E-state index in [1.54, 1.807) is 30.3 Å². The van der Waals surface area contributed by atoms with Gasteiger partial charge in [0.2, 0.25) is 0 Å². The van der Waals surface area contributed by atoms with Gasteiger partial charge in [-0.15, -0.1) is 0 Å². The number of aliphatic hydroxyl groups excluding tert-OH is 1. The van der Waals surface area contributed by atoms with Crippen molar-refractivity contribution in [2.45, 2.75) is 25.9 Å². The number of Topliss-reactive ketones (excluding diaryl/α,β-unsaturated/α-hetero) is 1. The Hall–Kier alpha value is -4.00. The number of hydrogen-bond acceptors (Lipinski definition) is 6. The standard InChI is InChI=1S/C26H23NO6/c1-2-16-5-7-17(8-6-16)23-22(25(29)26(30)27(23)15-19-4-3-11-31-19)24(28)18-9-10-20-21(14-18)33-13-12-32-20/h3-11,14,23,28H,2,12-13,15H2,1H3/b24-22+. The van der Waals surface area contributed by atoms with Crippen LogP contribution >= 0.6 is 0 Å². The van der Waals surface area contributed by atoms with Gasteiger partial charge in [0.1, 0.15) is 24.7 Å². The molecule has 168 valence electrons. The van der Waals surface area contributed by atoms with Gasteiger partial charge in [0.05, 0.1) is 24.4 Å². The van der Waals surface area contributed by atoms with Gasteiger partial charge in [0.25, 0.3) is 11.7 Å². The molecule has 1 atom stereocenters. The number of hydrogen-bond donors (Lipinski definition) is 1. The predicted octanol–water partition coefficient (Wildman–Crippen LogP) is 4.24. The van der Waals surface area contributed by atoms with Crippen molar-refractivity contribution < 1.29 is 28.6 Å². The summed E-state index contributed by atoms with van der Waals surface area (Å²) in [5.41, 5.74) is 2.28. The van der Waals surface area contributed by atoms with Crippen molar-refractivity contribution >= 4 is 17.4 Å². The molecule has 0 spiro atoms. The Balaban J connectivity index is 1.62. The number of fused-ring (bicyclic) bond motifs is 1. The van der Waals surface area contributed by atoms with Crippen molar-refractivity contribution in [2.75, 3.05) is 13.2 Å². The second kappa shape index (κ2) is 8.50. The number of benzene rings is 2. The normalized spacial score (nSPS) is 19.2. The third-order valence-corrected chi connectivity index (χ3v) is 5.97. The molecule has 7 heteroatoms. The highest BCUT2D eigenvalue weighted by Crippen LogP contribution is 2.41. The van der Waals surface area contributed by atoms with Crippen LogP contribution in [0.3, 0.4) is 0 Å². The molecule has 1 N–H and O–H groups in total. The summed E-state index contributed by atoms with van der Waals surface area (Å²) in [5, 5.41) is 11.2. The molecule has 2 aliphatic heterocycles. The number of aliphatic hydroxyl groups is 1. The lowest BCUT2D eigenvalue weighted by Crippen LogP contribution is -2.29. The van der Waals surface area contributed by atoms with E-state index < -0.39 is 17.7 Å². The van der Waals surface area contributed by atoms with Gasteiger partial charge in [-0.2, -0.15) is 0 Å². The van der Waals surface area contributed by atoms with Gasteiger partial charge < -0.3 is 23.9 Å². The van der Waals surface area contributed by atoms with E-state index in [0.717, 1.165) is 17.5 Å². The number of ether oxygens (including phenoxy) is 2. The van der Waals surface area contributed by atoms with Crippen LogP contribution < -0.4 is 9.47 Å². The van der Waals surface area contributed by atoms with Crippen LogP contribution in [0.4, 0.5) is 0 Å². The first-order chi connectivity index (χ1) is 16.1. The average Bonchev–Trinajstić information content (AvgIpc) is 3.46. The Morgan fingerprint density at radius 2 is 1.79 bits per heavy atom. The smallest absolute Gasteiger partial charge is 0.296 e. The van der Waals surface area contributed by atoms with Crippen LogP contribution in [-0.2, 0) is 22.6 Å². The molecule has 1 amide bonds. The van der Waals surface area contributed by atoms with E-state index >= 15 is 0 Å². The van der Waals surface area contributed by atoms with Gasteiger partial charge in [-0.3, -0.25) is 9.59 Å². The van der Waals surface area contributed by atoms with Crippen molar-refractivity contribution in [3.05, 3.63) is 88.9 Å². The van der Waals surface area contributed by atoms with Crippen molar-refractivity contribution in [1.82, 2.24) is 4.90 Å². The van der Waals surface area contributed by atoms with Gasteiger partial charge in [0, 0.05) is 5.56 Å². The third kappa shape index (κ3) is 3.75. The SMILES string of the molecule is CCc1ccc(C2/C(=C(\O)c3ccc4c(c3)OCCO4)C(=O)C(=O)N2Cc2ccco2)cc1. The summed E-state index contributed by atoms with van der Waals surface area (Å²) < 4.78 is 16.6. The Morgan fingerprint density at radius 3 is 2.48 bits per heavy atom. The summed E-state index contributed by atoms with van der Waals surface area (Å²) in [6.45, 7) is 3.01. The van der Waals surface area contributed by atoms with Crippen molar-refractivity contribution in [1.29, 1.82) is 0 Å².